The largest absolute Gasteiger partial charge is 0.465 e. The van der Waals surface area contributed by atoms with Gasteiger partial charge in [-0.3, -0.25) is 9.59 Å². The summed E-state index contributed by atoms with van der Waals surface area (Å²) >= 11 is 4.29. The number of carbonyl (C=O) groups is 3. The maximum atomic E-state index is 12.1. The topological polar surface area (TPSA) is 122 Å². The highest BCUT2D eigenvalue weighted by Crippen LogP contribution is 2.31. The molecule has 110 valence electrons. The van der Waals surface area contributed by atoms with Gasteiger partial charge in [0.2, 0.25) is 5.91 Å². The van der Waals surface area contributed by atoms with Gasteiger partial charge in [-0.2, -0.15) is 0 Å². The first kappa shape index (κ1) is 16.4. The van der Waals surface area contributed by atoms with E-state index in [1.165, 1.54) is 0 Å². The van der Waals surface area contributed by atoms with Crippen molar-refractivity contribution in [3.8, 4) is 0 Å². The van der Waals surface area contributed by atoms with Crippen molar-refractivity contribution in [3.05, 3.63) is 14.7 Å². The molecular formula is C11H14BrN3O4S. The number of carbonyl (C=O) groups excluding carboxylic acids is 2. The van der Waals surface area contributed by atoms with Crippen molar-refractivity contribution in [1.82, 2.24) is 5.32 Å². The third-order valence-corrected chi connectivity index (χ3v) is 4.06. The van der Waals surface area contributed by atoms with Gasteiger partial charge in [-0.15, -0.1) is 11.3 Å². The Morgan fingerprint density at radius 3 is 2.45 bits per heavy atom. The lowest BCUT2D eigenvalue weighted by Crippen LogP contribution is -2.46. The molecule has 0 saturated heterocycles. The summed E-state index contributed by atoms with van der Waals surface area (Å²) in [4.78, 5) is 34.2. The van der Waals surface area contributed by atoms with E-state index in [9.17, 15) is 14.4 Å². The molecule has 0 radical (unpaired) electrons. The summed E-state index contributed by atoms with van der Waals surface area (Å²) in [6.07, 6.45) is -1.29. The summed E-state index contributed by atoms with van der Waals surface area (Å²) in [7, 11) is 0. The van der Waals surface area contributed by atoms with Gasteiger partial charge in [0, 0.05) is 0 Å². The molecule has 9 heteroatoms. The molecule has 0 saturated carbocycles. The lowest BCUT2D eigenvalue weighted by atomic mass is 10.0. The highest BCUT2D eigenvalue weighted by molar-refractivity contribution is 9.11. The van der Waals surface area contributed by atoms with Crippen molar-refractivity contribution < 1.29 is 19.5 Å². The minimum absolute atomic E-state index is 0.197. The second kappa shape index (κ2) is 6.71. The molecule has 0 aliphatic rings. The molecule has 5 N–H and O–H groups in total. The van der Waals surface area contributed by atoms with Crippen LogP contribution in [0.4, 0.5) is 10.5 Å². The number of halogens is 1. The average molecular weight is 364 g/mol. The highest BCUT2D eigenvalue weighted by atomic mass is 79.9. The Morgan fingerprint density at radius 2 is 2.00 bits per heavy atom. The Labute approximate surface area is 127 Å². The van der Waals surface area contributed by atoms with Gasteiger partial charge >= 0.3 is 6.09 Å². The first-order valence-corrected chi connectivity index (χ1v) is 7.22. The van der Waals surface area contributed by atoms with Gasteiger partial charge in [0.25, 0.3) is 5.91 Å². The Bertz CT molecular complexity index is 544. The van der Waals surface area contributed by atoms with E-state index in [0.29, 0.717) is 3.79 Å². The summed E-state index contributed by atoms with van der Waals surface area (Å²) in [5.41, 5.74) is 5.47. The number of hydrogen-bond acceptors (Lipinski definition) is 4. The molecule has 1 atom stereocenters. The zero-order chi connectivity index (χ0) is 15.4. The number of anilines is 1. The van der Waals surface area contributed by atoms with Crippen LogP contribution in [0.5, 0.6) is 0 Å². The number of nitrogens with two attached hydrogens (primary N) is 1. The van der Waals surface area contributed by atoms with Gasteiger partial charge in [0.05, 0.1) is 9.47 Å². The Balaban J connectivity index is 2.93. The molecule has 0 aliphatic heterocycles. The van der Waals surface area contributed by atoms with Gasteiger partial charge in [-0.1, -0.05) is 13.8 Å². The van der Waals surface area contributed by atoms with Crippen molar-refractivity contribution in [2.75, 3.05) is 5.32 Å². The van der Waals surface area contributed by atoms with Crippen LogP contribution < -0.4 is 16.4 Å². The third-order valence-electron chi connectivity index (χ3n) is 2.41. The molecule has 20 heavy (non-hydrogen) atoms. The molecule has 1 heterocycles. The molecule has 1 unspecified atom stereocenters. The second-order valence-electron chi connectivity index (χ2n) is 4.32. The van der Waals surface area contributed by atoms with E-state index in [2.05, 4.69) is 26.6 Å². The molecule has 0 bridgehead atoms. The fourth-order valence-corrected chi connectivity index (χ4v) is 2.92. The molecule has 3 amide bonds. The second-order valence-corrected chi connectivity index (χ2v) is 6.75. The number of amides is 3. The number of rotatable bonds is 5. The highest BCUT2D eigenvalue weighted by Gasteiger charge is 2.25. The Hall–Kier alpha value is -1.61. The lowest BCUT2D eigenvalue weighted by molar-refractivity contribution is -0.118. The first-order chi connectivity index (χ1) is 9.22. The first-order valence-electron chi connectivity index (χ1n) is 5.61. The van der Waals surface area contributed by atoms with Crippen LogP contribution >= 0.6 is 27.3 Å². The number of thiophene rings is 1. The maximum Gasteiger partial charge on any atom is 0.405 e. The van der Waals surface area contributed by atoms with Crippen LogP contribution in [0.3, 0.4) is 0 Å². The summed E-state index contributed by atoms with van der Waals surface area (Å²) in [5.74, 6) is -1.45. The third kappa shape index (κ3) is 4.20. The zero-order valence-corrected chi connectivity index (χ0v) is 13.2. The van der Waals surface area contributed by atoms with Crippen LogP contribution in [0.25, 0.3) is 0 Å². The van der Waals surface area contributed by atoms with Crippen molar-refractivity contribution in [3.63, 3.8) is 0 Å². The van der Waals surface area contributed by atoms with E-state index in [0.717, 1.165) is 11.3 Å². The van der Waals surface area contributed by atoms with Crippen LogP contribution in [-0.4, -0.2) is 29.1 Å². The SMILES string of the molecule is CC(C)C(NC(=O)O)C(=O)Nc1cc(Br)sc1C(N)=O. The van der Waals surface area contributed by atoms with E-state index in [1.807, 2.05) is 0 Å². The number of hydrogen-bond donors (Lipinski definition) is 4. The molecule has 1 aromatic rings. The van der Waals surface area contributed by atoms with E-state index in [-0.39, 0.29) is 16.5 Å². The zero-order valence-electron chi connectivity index (χ0n) is 10.8. The van der Waals surface area contributed by atoms with Crippen LogP contribution in [0.15, 0.2) is 9.85 Å². The summed E-state index contributed by atoms with van der Waals surface area (Å²) < 4.78 is 0.633. The minimum Gasteiger partial charge on any atom is -0.465 e. The molecule has 0 fully saturated rings. The molecule has 1 aromatic heterocycles. The molecule has 0 spiro atoms. The van der Waals surface area contributed by atoms with Crippen LogP contribution in [0, 0.1) is 5.92 Å². The van der Waals surface area contributed by atoms with Gasteiger partial charge in [0.1, 0.15) is 10.9 Å². The summed E-state index contributed by atoms with van der Waals surface area (Å²) in [5, 5.41) is 13.4. The monoisotopic (exact) mass is 363 g/mol. The number of carboxylic acid groups (broad SMARTS) is 1. The molecule has 0 aliphatic carbocycles. The summed E-state index contributed by atoms with van der Waals surface area (Å²) in [6.45, 7) is 3.41. The van der Waals surface area contributed by atoms with Crippen LogP contribution in [-0.2, 0) is 4.79 Å². The molecule has 1 rings (SSSR count). The molecule has 7 nitrogen and oxygen atoms in total. The minimum atomic E-state index is -1.29. The predicted octanol–water partition coefficient (Wildman–Crippen LogP) is 1.84. The smallest absolute Gasteiger partial charge is 0.405 e. The normalized spacial score (nSPS) is 12.0. The van der Waals surface area contributed by atoms with Gasteiger partial charge in [-0.25, -0.2) is 4.79 Å². The summed E-state index contributed by atoms with van der Waals surface area (Å²) in [6, 6.07) is 0.618. The lowest BCUT2D eigenvalue weighted by Gasteiger charge is -2.19. The standard InChI is InChI=1S/C11H14BrN3O4S/c1-4(2)7(15-11(18)19)10(17)14-5-3-6(12)20-8(5)9(13)16/h3-4,7,15H,1-2H3,(H2,13,16)(H,14,17)(H,18,19). The van der Waals surface area contributed by atoms with Gasteiger partial charge in [-0.05, 0) is 27.9 Å². The Morgan fingerprint density at radius 1 is 1.40 bits per heavy atom. The predicted molar refractivity (Wildman–Crippen MR) is 79.0 cm³/mol. The quantitative estimate of drug-likeness (QED) is 0.637. The van der Waals surface area contributed by atoms with Crippen molar-refractivity contribution >= 4 is 50.9 Å². The van der Waals surface area contributed by atoms with E-state index in [4.69, 9.17) is 10.8 Å². The number of primary amides is 1. The fourth-order valence-electron chi connectivity index (χ4n) is 1.52. The van der Waals surface area contributed by atoms with E-state index < -0.39 is 23.9 Å². The molecule has 0 aromatic carbocycles. The van der Waals surface area contributed by atoms with Crippen molar-refractivity contribution in [2.45, 2.75) is 19.9 Å². The van der Waals surface area contributed by atoms with Gasteiger partial charge < -0.3 is 21.5 Å². The van der Waals surface area contributed by atoms with Gasteiger partial charge in [0.15, 0.2) is 0 Å². The maximum absolute atomic E-state index is 12.1. The van der Waals surface area contributed by atoms with Crippen LogP contribution in [0.2, 0.25) is 0 Å². The Kier molecular flexibility index (Phi) is 5.52. The van der Waals surface area contributed by atoms with E-state index in [1.54, 1.807) is 19.9 Å². The van der Waals surface area contributed by atoms with E-state index >= 15 is 0 Å². The molecular weight excluding hydrogens is 350 g/mol. The van der Waals surface area contributed by atoms with Crippen molar-refractivity contribution in [2.24, 2.45) is 11.7 Å². The van der Waals surface area contributed by atoms with Crippen LogP contribution in [0.1, 0.15) is 23.5 Å². The number of nitrogens with one attached hydrogen (secondary N) is 2. The average Bonchev–Trinajstić information content (AvgIpc) is 2.66. The fraction of sp³-hybridized carbons (Fsp3) is 0.364. The van der Waals surface area contributed by atoms with Crippen molar-refractivity contribution in [1.29, 1.82) is 0 Å².